The van der Waals surface area contributed by atoms with Gasteiger partial charge in [0, 0.05) is 13.1 Å². The summed E-state index contributed by atoms with van der Waals surface area (Å²) >= 11 is 1.24. The van der Waals surface area contributed by atoms with Crippen molar-refractivity contribution in [2.24, 2.45) is 11.5 Å². The predicted octanol–water partition coefficient (Wildman–Crippen LogP) is 0.582. The SMILES string of the molecule is NCCCN(Cc1ccccc1)C(=O)CSCC(N)=O. The van der Waals surface area contributed by atoms with Gasteiger partial charge < -0.3 is 16.4 Å². The van der Waals surface area contributed by atoms with Crippen molar-refractivity contribution in [3.05, 3.63) is 35.9 Å². The zero-order valence-corrected chi connectivity index (χ0v) is 12.3. The molecule has 0 unspecified atom stereocenters. The summed E-state index contributed by atoms with van der Waals surface area (Å²) in [5.41, 5.74) is 11.6. The number of rotatable bonds is 9. The van der Waals surface area contributed by atoms with Gasteiger partial charge in [-0.15, -0.1) is 11.8 Å². The van der Waals surface area contributed by atoms with E-state index in [2.05, 4.69) is 0 Å². The lowest BCUT2D eigenvalue weighted by atomic mass is 10.2. The molecule has 1 aromatic carbocycles. The molecule has 0 atom stereocenters. The first-order valence-electron chi connectivity index (χ1n) is 6.51. The third-order valence-electron chi connectivity index (χ3n) is 2.67. The molecule has 0 fully saturated rings. The largest absolute Gasteiger partial charge is 0.369 e. The Morgan fingerprint density at radius 1 is 1.15 bits per heavy atom. The van der Waals surface area contributed by atoms with E-state index in [4.69, 9.17) is 11.5 Å². The van der Waals surface area contributed by atoms with Crippen LogP contribution in [0.3, 0.4) is 0 Å². The van der Waals surface area contributed by atoms with Crippen LogP contribution in [0.1, 0.15) is 12.0 Å². The molecule has 1 rings (SSSR count). The van der Waals surface area contributed by atoms with Crippen LogP contribution in [0.2, 0.25) is 0 Å². The summed E-state index contributed by atoms with van der Waals surface area (Å²) in [6, 6.07) is 9.81. The van der Waals surface area contributed by atoms with E-state index >= 15 is 0 Å². The maximum atomic E-state index is 12.1. The first-order valence-corrected chi connectivity index (χ1v) is 7.66. The number of primary amides is 1. The van der Waals surface area contributed by atoms with Crippen LogP contribution in [0.4, 0.5) is 0 Å². The molecule has 110 valence electrons. The highest BCUT2D eigenvalue weighted by molar-refractivity contribution is 8.00. The maximum Gasteiger partial charge on any atom is 0.232 e. The quantitative estimate of drug-likeness (QED) is 0.697. The summed E-state index contributed by atoms with van der Waals surface area (Å²) in [6.45, 7) is 1.74. The molecule has 2 amide bonds. The Morgan fingerprint density at radius 3 is 2.45 bits per heavy atom. The monoisotopic (exact) mass is 295 g/mol. The Hall–Kier alpha value is -1.53. The normalized spacial score (nSPS) is 10.2. The number of carbonyl (C=O) groups excluding carboxylic acids is 2. The minimum absolute atomic E-state index is 0.00792. The van der Waals surface area contributed by atoms with E-state index < -0.39 is 5.91 Å². The van der Waals surface area contributed by atoms with Gasteiger partial charge in [0.2, 0.25) is 11.8 Å². The standard InChI is InChI=1S/C14H21N3O2S/c15-7-4-8-17(9-12-5-2-1-3-6-12)14(19)11-20-10-13(16)18/h1-3,5-6H,4,7-11,15H2,(H2,16,18). The number of nitrogens with zero attached hydrogens (tertiary/aromatic N) is 1. The van der Waals surface area contributed by atoms with E-state index in [9.17, 15) is 9.59 Å². The Balaban J connectivity index is 2.54. The van der Waals surface area contributed by atoms with Crippen LogP contribution in [-0.4, -0.2) is 41.3 Å². The van der Waals surface area contributed by atoms with Crippen LogP contribution >= 0.6 is 11.8 Å². The maximum absolute atomic E-state index is 12.1. The number of hydrogen-bond acceptors (Lipinski definition) is 4. The van der Waals surface area contributed by atoms with Gasteiger partial charge in [-0.2, -0.15) is 0 Å². The summed E-state index contributed by atoms with van der Waals surface area (Å²) in [4.78, 5) is 24.6. The number of nitrogens with two attached hydrogens (primary N) is 2. The summed E-state index contributed by atoms with van der Waals surface area (Å²) < 4.78 is 0. The number of thioether (sulfide) groups is 1. The zero-order valence-electron chi connectivity index (χ0n) is 11.5. The van der Waals surface area contributed by atoms with Crippen molar-refractivity contribution < 1.29 is 9.59 Å². The molecule has 0 saturated heterocycles. The fourth-order valence-electron chi connectivity index (χ4n) is 1.71. The second kappa shape index (κ2) is 9.39. The van der Waals surface area contributed by atoms with E-state index in [1.165, 1.54) is 11.8 Å². The van der Waals surface area contributed by atoms with E-state index in [1.807, 2.05) is 30.3 Å². The average molecular weight is 295 g/mol. The molecule has 4 N–H and O–H groups in total. The molecule has 20 heavy (non-hydrogen) atoms. The van der Waals surface area contributed by atoms with Gasteiger partial charge >= 0.3 is 0 Å². The highest BCUT2D eigenvalue weighted by atomic mass is 32.2. The summed E-state index contributed by atoms with van der Waals surface area (Å²) in [6.07, 6.45) is 0.763. The molecule has 0 radical (unpaired) electrons. The molecule has 0 saturated carbocycles. The second-order valence-electron chi connectivity index (χ2n) is 4.40. The lowest BCUT2D eigenvalue weighted by Crippen LogP contribution is -2.34. The fourth-order valence-corrected chi connectivity index (χ4v) is 2.37. The predicted molar refractivity (Wildman–Crippen MR) is 82.0 cm³/mol. The molecule has 6 heteroatoms. The average Bonchev–Trinajstić information content (AvgIpc) is 2.44. The fraction of sp³-hybridized carbons (Fsp3) is 0.429. The van der Waals surface area contributed by atoms with E-state index in [-0.39, 0.29) is 17.4 Å². The van der Waals surface area contributed by atoms with E-state index in [0.717, 1.165) is 12.0 Å². The van der Waals surface area contributed by atoms with Crippen LogP contribution in [0.5, 0.6) is 0 Å². The van der Waals surface area contributed by atoms with Gasteiger partial charge in [0.25, 0.3) is 0 Å². The van der Waals surface area contributed by atoms with Crippen molar-refractivity contribution in [3.63, 3.8) is 0 Å². The van der Waals surface area contributed by atoms with Crippen molar-refractivity contribution >= 4 is 23.6 Å². The van der Waals surface area contributed by atoms with Crippen molar-refractivity contribution in [1.82, 2.24) is 4.90 Å². The van der Waals surface area contributed by atoms with E-state index in [1.54, 1.807) is 4.90 Å². The van der Waals surface area contributed by atoms with Crippen molar-refractivity contribution in [3.8, 4) is 0 Å². The van der Waals surface area contributed by atoms with Gasteiger partial charge in [-0.05, 0) is 18.5 Å². The first-order chi connectivity index (χ1) is 9.63. The van der Waals surface area contributed by atoms with Gasteiger partial charge in [0.1, 0.15) is 0 Å². The van der Waals surface area contributed by atoms with Crippen molar-refractivity contribution in [2.75, 3.05) is 24.6 Å². The molecule has 5 nitrogen and oxygen atoms in total. The number of carbonyl (C=O) groups is 2. The molecule has 0 heterocycles. The molecule has 1 aromatic rings. The lowest BCUT2D eigenvalue weighted by Gasteiger charge is -2.22. The Kier molecular flexibility index (Phi) is 7.75. The molecule has 0 aliphatic heterocycles. The van der Waals surface area contributed by atoms with Crippen molar-refractivity contribution in [1.29, 1.82) is 0 Å². The minimum atomic E-state index is -0.403. The molecule has 0 spiro atoms. The smallest absolute Gasteiger partial charge is 0.232 e. The summed E-state index contributed by atoms with van der Waals surface area (Å²) in [5.74, 6) is 0.0372. The highest BCUT2D eigenvalue weighted by Gasteiger charge is 2.13. The van der Waals surface area contributed by atoms with Crippen LogP contribution in [0, 0.1) is 0 Å². The molecule has 0 aliphatic carbocycles. The third kappa shape index (κ3) is 6.58. The number of benzene rings is 1. The van der Waals surface area contributed by atoms with Gasteiger partial charge in [0.05, 0.1) is 11.5 Å². The van der Waals surface area contributed by atoms with Gasteiger partial charge in [-0.1, -0.05) is 30.3 Å². The van der Waals surface area contributed by atoms with Crippen molar-refractivity contribution in [2.45, 2.75) is 13.0 Å². The molecular formula is C14H21N3O2S. The van der Waals surface area contributed by atoms with E-state index in [0.29, 0.717) is 19.6 Å². The van der Waals surface area contributed by atoms with Crippen LogP contribution in [-0.2, 0) is 16.1 Å². The first kappa shape index (κ1) is 16.5. The van der Waals surface area contributed by atoms with Gasteiger partial charge in [-0.3, -0.25) is 9.59 Å². The molecular weight excluding hydrogens is 274 g/mol. The third-order valence-corrected chi connectivity index (χ3v) is 3.61. The van der Waals surface area contributed by atoms with Gasteiger partial charge in [-0.25, -0.2) is 0 Å². The molecule has 0 aliphatic rings. The van der Waals surface area contributed by atoms with Gasteiger partial charge in [0.15, 0.2) is 0 Å². The number of hydrogen-bond donors (Lipinski definition) is 2. The second-order valence-corrected chi connectivity index (χ2v) is 5.39. The molecule has 0 bridgehead atoms. The molecule has 0 aromatic heterocycles. The zero-order chi connectivity index (χ0) is 14.8. The number of amides is 2. The minimum Gasteiger partial charge on any atom is -0.369 e. The van der Waals surface area contributed by atoms with Crippen LogP contribution in [0.25, 0.3) is 0 Å². The summed E-state index contributed by atoms with van der Waals surface area (Å²) in [7, 11) is 0. The Morgan fingerprint density at radius 2 is 1.85 bits per heavy atom. The van der Waals surface area contributed by atoms with Crippen LogP contribution < -0.4 is 11.5 Å². The Bertz CT molecular complexity index is 426. The topological polar surface area (TPSA) is 89.4 Å². The lowest BCUT2D eigenvalue weighted by molar-refractivity contribution is -0.129. The Labute approximate surface area is 123 Å². The summed E-state index contributed by atoms with van der Waals surface area (Å²) in [5, 5.41) is 0. The van der Waals surface area contributed by atoms with Crippen LogP contribution in [0.15, 0.2) is 30.3 Å². The highest BCUT2D eigenvalue weighted by Crippen LogP contribution is 2.08.